The second kappa shape index (κ2) is 25.6. The minimum atomic E-state index is -1.84. The highest BCUT2D eigenvalue weighted by Crippen LogP contribution is 2.12. The van der Waals surface area contributed by atoms with Crippen molar-refractivity contribution in [2.75, 3.05) is 6.54 Å². The Bertz CT molecular complexity index is 1760. The zero-order chi connectivity index (χ0) is 46.7. The average molecular weight is 874 g/mol. The fraction of sp³-hybridized carbons (Fsp3) is 0.610. The number of hydrogen-bond donors (Lipinski definition) is 11. The van der Waals surface area contributed by atoms with Gasteiger partial charge in [0.25, 0.3) is 0 Å². The van der Waals surface area contributed by atoms with Crippen LogP contribution in [0.25, 0.3) is 0 Å². The van der Waals surface area contributed by atoms with Crippen molar-refractivity contribution in [2.45, 2.75) is 141 Å². The van der Waals surface area contributed by atoms with E-state index in [9.17, 15) is 58.2 Å². The zero-order valence-electron chi connectivity index (χ0n) is 36.1. The third-order valence-electron chi connectivity index (χ3n) is 10.2. The summed E-state index contributed by atoms with van der Waals surface area (Å²) in [6.45, 7) is 9.83. The van der Waals surface area contributed by atoms with Crippen molar-refractivity contribution in [2.24, 2.45) is 17.6 Å². The lowest BCUT2D eigenvalue weighted by Crippen LogP contribution is -2.61. The second-order valence-corrected chi connectivity index (χ2v) is 16.0. The van der Waals surface area contributed by atoms with Crippen molar-refractivity contribution in [1.29, 1.82) is 0 Å². The molecule has 8 amide bonds. The molecule has 0 bridgehead atoms. The van der Waals surface area contributed by atoms with Gasteiger partial charge < -0.3 is 58.5 Å². The van der Waals surface area contributed by atoms with Gasteiger partial charge in [0.1, 0.15) is 42.3 Å². The van der Waals surface area contributed by atoms with Crippen molar-refractivity contribution >= 4 is 59.2 Å². The molecule has 1 aromatic carbocycles. The molecule has 0 aromatic heterocycles. The summed E-state index contributed by atoms with van der Waals surface area (Å²) in [5.74, 6) is -10.3. The predicted octanol–water partition coefficient (Wildman–Crippen LogP) is -1.67. The normalized spacial score (nSPS) is 23.0. The molecule has 2 rings (SSSR count). The van der Waals surface area contributed by atoms with Crippen molar-refractivity contribution in [3.63, 3.8) is 0 Å². The van der Waals surface area contributed by atoms with Crippen LogP contribution >= 0.6 is 0 Å². The molecule has 1 aliphatic rings. The van der Waals surface area contributed by atoms with Crippen LogP contribution in [0.2, 0.25) is 0 Å². The van der Waals surface area contributed by atoms with Gasteiger partial charge in [0.05, 0.1) is 18.9 Å². The van der Waals surface area contributed by atoms with Gasteiger partial charge in [0.15, 0.2) is 0 Å². The largest absolute Gasteiger partial charge is 0.481 e. The third kappa shape index (κ3) is 17.8. The minimum Gasteiger partial charge on any atom is -0.481 e. The molecule has 1 saturated heterocycles. The number of hydrogen-bond acceptors (Lipinski definition) is 11. The molecule has 12 N–H and O–H groups in total. The van der Waals surface area contributed by atoms with Crippen molar-refractivity contribution in [3.8, 4) is 0 Å². The second-order valence-electron chi connectivity index (χ2n) is 16.0. The van der Waals surface area contributed by atoms with Crippen LogP contribution in [0, 0.1) is 11.8 Å². The maximum absolute atomic E-state index is 13.8. The maximum atomic E-state index is 13.8. The van der Waals surface area contributed by atoms with Gasteiger partial charge in [0.2, 0.25) is 47.3 Å². The minimum absolute atomic E-state index is 0.00132. The van der Waals surface area contributed by atoms with Crippen LogP contribution in [0.1, 0.15) is 92.1 Å². The lowest BCUT2D eigenvalue weighted by atomic mass is 9.97. The van der Waals surface area contributed by atoms with Gasteiger partial charge in [-0.05, 0) is 56.9 Å². The molecule has 21 heteroatoms. The molecule has 21 nitrogen and oxygen atoms in total. The Morgan fingerprint density at radius 3 is 2.08 bits per heavy atom. The first kappa shape index (κ1) is 52.0. The summed E-state index contributed by atoms with van der Waals surface area (Å²) in [4.78, 5) is 131. The summed E-state index contributed by atoms with van der Waals surface area (Å²) in [5, 5.41) is 39.2. The van der Waals surface area contributed by atoms with E-state index in [-0.39, 0.29) is 38.1 Å². The van der Waals surface area contributed by atoms with Crippen molar-refractivity contribution < 1.29 is 58.2 Å². The first-order chi connectivity index (χ1) is 29.1. The standard InChI is InChI=1S/C41H63N9O12/c1-7-22(4)33-40(60)45-24(6)35(55)47-29(20-32(52)53)39(59)48-28(38(58)49-30(41(61)62)18-25-13-9-8-10-14-25)19-31(51)43-16-12-11-15-27(37(57)50-33)46-34(54)23(5)44-36(56)26(42)17-21(2)3/h8-10,13-14,21-24,26-30,33H,7,11-12,15-20,42H2,1-6H3,(H,43,51)(H,44,56)(H,45,60)(H,46,54)(H,47,55)(H,48,59)(H,49,58)(H,50,57)(H,52,53)(H,61,62)/t22-,23-,24-,26-,27-,28-,29-,30-,33-/m0/s1. The molecule has 0 saturated carbocycles. The predicted molar refractivity (Wildman–Crippen MR) is 223 cm³/mol. The van der Waals surface area contributed by atoms with E-state index in [1.165, 1.54) is 13.8 Å². The summed E-state index contributed by atoms with van der Waals surface area (Å²) in [7, 11) is 0. The van der Waals surface area contributed by atoms with E-state index in [2.05, 4.69) is 42.5 Å². The smallest absolute Gasteiger partial charge is 0.326 e. The fourth-order valence-corrected chi connectivity index (χ4v) is 6.33. The Kier molecular flexibility index (Phi) is 21.5. The first-order valence-corrected chi connectivity index (χ1v) is 20.8. The van der Waals surface area contributed by atoms with Gasteiger partial charge >= 0.3 is 11.9 Å². The summed E-state index contributed by atoms with van der Waals surface area (Å²) in [6, 6.07) is -2.65. The van der Waals surface area contributed by atoms with Crippen LogP contribution in [-0.2, 0) is 54.4 Å². The third-order valence-corrected chi connectivity index (χ3v) is 10.2. The topological polar surface area (TPSA) is 333 Å². The SMILES string of the molecule is CC[C@H](C)[C@@H]1NC(=O)[C@@H](NC(=O)[C@H](C)NC(=O)[C@@H](N)CC(C)C)CCCCNC(=O)C[C@@H](C(=O)N[C@@H](Cc2ccccc2)C(=O)O)NC(=O)[C@H](CC(=O)O)NC(=O)[C@H](C)NC1=O. The summed E-state index contributed by atoms with van der Waals surface area (Å²) < 4.78 is 0. The number of nitrogens with one attached hydrogen (secondary N) is 8. The Morgan fingerprint density at radius 1 is 0.823 bits per heavy atom. The molecule has 9 atom stereocenters. The Hall–Kier alpha value is -6.12. The lowest BCUT2D eigenvalue weighted by molar-refractivity contribution is -0.143. The molecular weight excluding hydrogens is 811 g/mol. The van der Waals surface area contributed by atoms with Gasteiger partial charge in [-0.25, -0.2) is 4.79 Å². The number of nitrogens with two attached hydrogens (primary N) is 1. The molecule has 0 aliphatic carbocycles. The molecule has 1 fully saturated rings. The van der Waals surface area contributed by atoms with Crippen molar-refractivity contribution in [3.05, 3.63) is 35.9 Å². The number of carbonyl (C=O) groups is 10. The van der Waals surface area contributed by atoms with Gasteiger partial charge in [-0.15, -0.1) is 0 Å². The highest BCUT2D eigenvalue weighted by Gasteiger charge is 2.35. The fourth-order valence-electron chi connectivity index (χ4n) is 6.33. The molecule has 344 valence electrons. The molecule has 1 heterocycles. The highest BCUT2D eigenvalue weighted by atomic mass is 16.4. The van der Waals surface area contributed by atoms with E-state index in [1.54, 1.807) is 44.2 Å². The number of amides is 8. The van der Waals surface area contributed by atoms with E-state index in [0.717, 1.165) is 0 Å². The summed E-state index contributed by atoms with van der Waals surface area (Å²) >= 11 is 0. The van der Waals surface area contributed by atoms with E-state index in [4.69, 9.17) is 5.73 Å². The zero-order valence-corrected chi connectivity index (χ0v) is 36.1. The first-order valence-electron chi connectivity index (χ1n) is 20.8. The average Bonchev–Trinajstić information content (AvgIpc) is 3.20. The van der Waals surface area contributed by atoms with Crippen LogP contribution in [0.4, 0.5) is 0 Å². The molecule has 0 unspecified atom stereocenters. The van der Waals surface area contributed by atoms with Gasteiger partial charge in [-0.2, -0.15) is 0 Å². The monoisotopic (exact) mass is 873 g/mol. The van der Waals surface area contributed by atoms with Crippen LogP contribution in [0.3, 0.4) is 0 Å². The van der Waals surface area contributed by atoms with Crippen molar-refractivity contribution in [1.82, 2.24) is 42.5 Å². The van der Waals surface area contributed by atoms with Crippen LogP contribution in [-0.4, -0.2) is 124 Å². The van der Waals surface area contributed by atoms with Crippen LogP contribution < -0.4 is 48.3 Å². The van der Waals surface area contributed by atoms with E-state index >= 15 is 0 Å². The molecule has 1 aromatic rings. The van der Waals surface area contributed by atoms with Crippen LogP contribution in [0.5, 0.6) is 0 Å². The number of carboxylic acid groups (broad SMARTS) is 2. The van der Waals surface area contributed by atoms with Gasteiger partial charge in [-0.3, -0.25) is 43.2 Å². The number of benzene rings is 1. The molecule has 62 heavy (non-hydrogen) atoms. The lowest BCUT2D eigenvalue weighted by Gasteiger charge is -2.29. The van der Waals surface area contributed by atoms with E-state index in [1.807, 2.05) is 13.8 Å². The Labute approximate surface area is 360 Å². The maximum Gasteiger partial charge on any atom is 0.326 e. The number of carbonyl (C=O) groups excluding carboxylic acids is 8. The van der Waals surface area contributed by atoms with E-state index < -0.39 is 126 Å². The number of aliphatic carboxylic acids is 2. The Balaban J connectivity index is 2.45. The molecule has 0 spiro atoms. The van der Waals surface area contributed by atoms with Crippen LogP contribution in [0.15, 0.2) is 30.3 Å². The highest BCUT2D eigenvalue weighted by molar-refractivity contribution is 5.99. The van der Waals surface area contributed by atoms with Gasteiger partial charge in [0, 0.05) is 13.0 Å². The number of carboxylic acids is 2. The molecule has 0 radical (unpaired) electrons. The molecular formula is C41H63N9O12. The quantitative estimate of drug-likeness (QED) is 0.0941. The van der Waals surface area contributed by atoms with Gasteiger partial charge in [-0.1, -0.05) is 64.4 Å². The molecule has 1 aliphatic heterocycles. The Morgan fingerprint density at radius 2 is 1.48 bits per heavy atom. The number of rotatable bonds is 15. The summed E-state index contributed by atoms with van der Waals surface area (Å²) in [6.07, 6.45) is -0.701. The summed E-state index contributed by atoms with van der Waals surface area (Å²) in [5.41, 5.74) is 6.53. The van der Waals surface area contributed by atoms with E-state index in [0.29, 0.717) is 18.4 Å².